The lowest BCUT2D eigenvalue weighted by Gasteiger charge is -2.30. The first kappa shape index (κ1) is 27.3. The molecule has 0 unspecified atom stereocenters. The molecule has 39 heavy (non-hydrogen) atoms. The summed E-state index contributed by atoms with van der Waals surface area (Å²) in [5, 5.41) is 15.0. The van der Waals surface area contributed by atoms with E-state index in [9.17, 15) is 14.4 Å². The third-order valence-corrected chi connectivity index (χ3v) is 6.52. The number of rotatable bonds is 9. The highest BCUT2D eigenvalue weighted by Crippen LogP contribution is 2.20. The zero-order valence-electron chi connectivity index (χ0n) is 21.6. The summed E-state index contributed by atoms with van der Waals surface area (Å²) in [5.41, 5.74) is 6.03. The van der Waals surface area contributed by atoms with Crippen molar-refractivity contribution in [2.45, 2.75) is 32.9 Å². The number of hydrogen-bond acceptors (Lipinski definition) is 7. The van der Waals surface area contributed by atoms with Crippen molar-refractivity contribution in [1.29, 1.82) is 5.26 Å². The van der Waals surface area contributed by atoms with E-state index >= 15 is 0 Å². The molecule has 1 fully saturated rings. The van der Waals surface area contributed by atoms with E-state index in [1.807, 2.05) is 12.1 Å². The van der Waals surface area contributed by atoms with Gasteiger partial charge in [0, 0.05) is 49.9 Å². The number of nitrogens with zero attached hydrogens (tertiary/aromatic N) is 3. The van der Waals surface area contributed by atoms with Crippen molar-refractivity contribution in [2.75, 3.05) is 23.7 Å². The quantitative estimate of drug-likeness (QED) is 0.362. The number of benzene rings is 2. The molecule has 0 radical (unpaired) electrons. The number of pyridine rings is 1. The fourth-order valence-corrected chi connectivity index (χ4v) is 4.20. The minimum Gasteiger partial charge on any atom is -0.381 e. The Bertz CT molecular complexity index is 1340. The van der Waals surface area contributed by atoms with E-state index in [-0.39, 0.29) is 30.2 Å². The second kappa shape index (κ2) is 13.2. The monoisotopic (exact) mass is 526 g/mol. The van der Waals surface area contributed by atoms with Gasteiger partial charge in [-0.3, -0.25) is 19.2 Å². The molecule has 0 spiro atoms. The van der Waals surface area contributed by atoms with Crippen LogP contribution in [0, 0.1) is 17.2 Å². The number of likely N-dealkylation sites (tertiary alicyclic amines) is 1. The minimum atomic E-state index is -0.364. The third kappa shape index (κ3) is 7.87. The van der Waals surface area contributed by atoms with Gasteiger partial charge in [-0.25, -0.2) is 10.5 Å². The summed E-state index contributed by atoms with van der Waals surface area (Å²) < 4.78 is 0. The maximum Gasteiger partial charge on any atom is 0.274 e. The standard InChI is InChI=1S/C29H30N6O4/c1-20(36)35-14-11-25(12-15-35)28(37)33-27-16-23(10-13-31-27)18-32-26-8-6-24(7-9-26)29(38)34-39-19-22-4-2-21(17-30)3-5-22/h2-10,13,16,25,32H,11-12,14-15,18-19H2,1H3,(H,34,38)(H,31,33,37). The number of hydroxylamine groups is 1. The summed E-state index contributed by atoms with van der Waals surface area (Å²) in [7, 11) is 0. The van der Waals surface area contributed by atoms with Crippen LogP contribution in [0.15, 0.2) is 66.9 Å². The lowest BCUT2D eigenvalue weighted by atomic mass is 9.96. The van der Waals surface area contributed by atoms with Crippen LogP contribution in [0.5, 0.6) is 0 Å². The number of nitriles is 1. The van der Waals surface area contributed by atoms with Gasteiger partial charge < -0.3 is 15.5 Å². The van der Waals surface area contributed by atoms with Gasteiger partial charge in [0.1, 0.15) is 5.82 Å². The van der Waals surface area contributed by atoms with Crippen LogP contribution < -0.4 is 16.1 Å². The van der Waals surface area contributed by atoms with Crippen LogP contribution >= 0.6 is 0 Å². The number of hydrogen-bond donors (Lipinski definition) is 3. The van der Waals surface area contributed by atoms with Gasteiger partial charge in [-0.05, 0) is 72.5 Å². The van der Waals surface area contributed by atoms with Crippen molar-refractivity contribution in [3.05, 3.63) is 89.1 Å². The van der Waals surface area contributed by atoms with E-state index in [1.165, 1.54) is 0 Å². The van der Waals surface area contributed by atoms with Gasteiger partial charge in [-0.15, -0.1) is 0 Å². The number of nitrogens with one attached hydrogen (secondary N) is 3. The van der Waals surface area contributed by atoms with Crippen LogP contribution in [0.1, 0.15) is 46.8 Å². The summed E-state index contributed by atoms with van der Waals surface area (Å²) in [5.74, 6) is -0.0522. The number of carbonyl (C=O) groups is 3. The Morgan fingerprint density at radius 3 is 2.41 bits per heavy atom. The summed E-state index contributed by atoms with van der Waals surface area (Å²) in [4.78, 5) is 47.8. The van der Waals surface area contributed by atoms with Crippen molar-refractivity contribution in [3.8, 4) is 6.07 Å². The molecule has 2 heterocycles. The summed E-state index contributed by atoms with van der Waals surface area (Å²) in [6.45, 7) is 3.42. The number of anilines is 2. The minimum absolute atomic E-state index is 0.0405. The van der Waals surface area contributed by atoms with E-state index in [4.69, 9.17) is 10.1 Å². The predicted molar refractivity (Wildman–Crippen MR) is 145 cm³/mol. The van der Waals surface area contributed by atoms with Gasteiger partial charge in [-0.1, -0.05) is 12.1 Å². The average molecular weight is 527 g/mol. The first-order valence-corrected chi connectivity index (χ1v) is 12.7. The SMILES string of the molecule is CC(=O)N1CCC(C(=O)Nc2cc(CNc3ccc(C(=O)NOCc4ccc(C#N)cc4)cc3)ccn2)CC1. The molecule has 4 rings (SSSR count). The van der Waals surface area contributed by atoms with Crippen LogP contribution in [0.3, 0.4) is 0 Å². The molecule has 3 aromatic rings. The van der Waals surface area contributed by atoms with Crippen molar-refractivity contribution in [3.63, 3.8) is 0 Å². The van der Waals surface area contributed by atoms with Gasteiger partial charge in [0.2, 0.25) is 11.8 Å². The van der Waals surface area contributed by atoms with E-state index in [0.29, 0.717) is 49.4 Å². The molecular formula is C29H30N6O4. The van der Waals surface area contributed by atoms with Crippen molar-refractivity contribution in [2.24, 2.45) is 5.92 Å². The maximum atomic E-state index is 12.7. The Balaban J connectivity index is 1.22. The highest BCUT2D eigenvalue weighted by molar-refractivity contribution is 5.94. The Morgan fingerprint density at radius 1 is 1.03 bits per heavy atom. The average Bonchev–Trinajstić information content (AvgIpc) is 2.97. The first-order valence-electron chi connectivity index (χ1n) is 12.7. The number of piperidine rings is 1. The first-order chi connectivity index (χ1) is 18.9. The highest BCUT2D eigenvalue weighted by atomic mass is 16.6. The Hall–Kier alpha value is -4.75. The molecule has 10 nitrogen and oxygen atoms in total. The Labute approximate surface area is 226 Å². The molecule has 1 saturated heterocycles. The lowest BCUT2D eigenvalue weighted by molar-refractivity contribution is -0.132. The largest absolute Gasteiger partial charge is 0.381 e. The van der Waals surface area contributed by atoms with Crippen molar-refractivity contribution < 1.29 is 19.2 Å². The molecule has 200 valence electrons. The molecule has 3 N–H and O–H groups in total. The second-order valence-electron chi connectivity index (χ2n) is 9.28. The number of amides is 3. The molecule has 2 aromatic carbocycles. The smallest absolute Gasteiger partial charge is 0.274 e. The third-order valence-electron chi connectivity index (χ3n) is 6.52. The second-order valence-corrected chi connectivity index (χ2v) is 9.28. The zero-order chi connectivity index (χ0) is 27.6. The molecule has 0 bridgehead atoms. The van der Waals surface area contributed by atoms with Crippen molar-refractivity contribution in [1.82, 2.24) is 15.4 Å². The number of aromatic nitrogens is 1. The molecule has 1 aliphatic rings. The Kier molecular flexibility index (Phi) is 9.21. The fourth-order valence-electron chi connectivity index (χ4n) is 4.20. The van der Waals surface area contributed by atoms with Gasteiger partial charge in [0.15, 0.2) is 0 Å². The van der Waals surface area contributed by atoms with Gasteiger partial charge in [-0.2, -0.15) is 5.26 Å². The molecule has 1 aliphatic heterocycles. The Morgan fingerprint density at radius 2 is 1.74 bits per heavy atom. The molecule has 10 heteroatoms. The van der Waals surface area contributed by atoms with Crippen LogP contribution in [-0.2, 0) is 27.6 Å². The maximum absolute atomic E-state index is 12.7. The van der Waals surface area contributed by atoms with Crippen LogP contribution in [0.25, 0.3) is 0 Å². The van der Waals surface area contributed by atoms with Gasteiger partial charge in [0.25, 0.3) is 5.91 Å². The summed E-state index contributed by atoms with van der Waals surface area (Å²) in [6, 6.07) is 19.6. The van der Waals surface area contributed by atoms with E-state index in [0.717, 1.165) is 16.8 Å². The van der Waals surface area contributed by atoms with Crippen molar-refractivity contribution >= 4 is 29.2 Å². The summed E-state index contributed by atoms with van der Waals surface area (Å²) >= 11 is 0. The molecule has 0 aliphatic carbocycles. The normalized spacial score (nSPS) is 13.3. The van der Waals surface area contributed by atoms with Gasteiger partial charge >= 0.3 is 0 Å². The van der Waals surface area contributed by atoms with Gasteiger partial charge in [0.05, 0.1) is 18.2 Å². The zero-order valence-corrected chi connectivity index (χ0v) is 21.6. The van der Waals surface area contributed by atoms with E-state index < -0.39 is 0 Å². The predicted octanol–water partition coefficient (Wildman–Crippen LogP) is 3.62. The van der Waals surface area contributed by atoms with E-state index in [1.54, 1.807) is 66.6 Å². The summed E-state index contributed by atoms with van der Waals surface area (Å²) in [6.07, 6.45) is 2.93. The highest BCUT2D eigenvalue weighted by Gasteiger charge is 2.26. The topological polar surface area (TPSA) is 136 Å². The van der Waals surface area contributed by atoms with Crippen LogP contribution in [-0.4, -0.2) is 40.7 Å². The van der Waals surface area contributed by atoms with Crippen LogP contribution in [0.4, 0.5) is 11.5 Å². The molecule has 1 aromatic heterocycles. The molecule has 0 saturated carbocycles. The van der Waals surface area contributed by atoms with Crippen LogP contribution in [0.2, 0.25) is 0 Å². The lowest BCUT2D eigenvalue weighted by Crippen LogP contribution is -2.40. The molecular weight excluding hydrogens is 496 g/mol. The molecule has 0 atom stereocenters. The molecule has 3 amide bonds. The van der Waals surface area contributed by atoms with E-state index in [2.05, 4.69) is 27.2 Å². The fraction of sp³-hybridized carbons (Fsp3) is 0.276. The number of carbonyl (C=O) groups excluding carboxylic acids is 3.